The number of aryl methyl sites for hydroxylation is 1. The number of nitrogens with one attached hydrogen (secondary N) is 1. The molecule has 20 heavy (non-hydrogen) atoms. The van der Waals surface area contributed by atoms with Crippen LogP contribution in [0.2, 0.25) is 0 Å². The van der Waals surface area contributed by atoms with E-state index in [4.69, 9.17) is 4.74 Å². The minimum Gasteiger partial charge on any atom is -0.496 e. The smallest absolute Gasteiger partial charge is 0.123 e. The zero-order valence-electron chi connectivity index (χ0n) is 12.5. The summed E-state index contributed by atoms with van der Waals surface area (Å²) in [5.74, 6) is 0.939. The average molecular weight is 290 g/mol. The number of hydrogen-bond acceptors (Lipinski definition) is 4. The summed E-state index contributed by atoms with van der Waals surface area (Å²) in [4.78, 5) is 5.71. The van der Waals surface area contributed by atoms with Gasteiger partial charge >= 0.3 is 0 Å². The molecule has 0 radical (unpaired) electrons. The van der Waals surface area contributed by atoms with Crippen LogP contribution in [-0.4, -0.2) is 12.1 Å². The Kier molecular flexibility index (Phi) is 5.15. The van der Waals surface area contributed by atoms with E-state index in [1.807, 2.05) is 18.3 Å². The monoisotopic (exact) mass is 290 g/mol. The van der Waals surface area contributed by atoms with Crippen LogP contribution in [0, 0.1) is 6.92 Å². The van der Waals surface area contributed by atoms with Crippen molar-refractivity contribution in [2.24, 2.45) is 0 Å². The van der Waals surface area contributed by atoms with Crippen LogP contribution >= 0.6 is 11.3 Å². The second-order valence-electron chi connectivity index (χ2n) is 4.90. The van der Waals surface area contributed by atoms with E-state index in [-0.39, 0.29) is 12.1 Å². The molecule has 0 saturated heterocycles. The van der Waals surface area contributed by atoms with Gasteiger partial charge in [0.15, 0.2) is 0 Å². The van der Waals surface area contributed by atoms with Crippen molar-refractivity contribution in [1.82, 2.24) is 10.3 Å². The Bertz CT molecular complexity index is 553. The molecule has 0 aliphatic carbocycles. The zero-order chi connectivity index (χ0) is 14.5. The van der Waals surface area contributed by atoms with Crippen LogP contribution < -0.4 is 10.1 Å². The lowest BCUT2D eigenvalue weighted by Gasteiger charge is -2.23. The molecule has 108 valence electrons. The maximum Gasteiger partial charge on any atom is 0.123 e. The number of nitrogens with zero attached hydrogens (tertiary/aromatic N) is 1. The normalized spacial score (nSPS) is 14.0. The summed E-state index contributed by atoms with van der Waals surface area (Å²) < 4.78 is 5.47. The van der Waals surface area contributed by atoms with Crippen LogP contribution in [0.4, 0.5) is 0 Å². The van der Waals surface area contributed by atoms with Gasteiger partial charge in [-0.2, -0.15) is 0 Å². The average Bonchev–Trinajstić information content (AvgIpc) is 2.91. The molecular weight excluding hydrogens is 268 g/mol. The number of benzene rings is 1. The summed E-state index contributed by atoms with van der Waals surface area (Å²) in [6.45, 7) is 6.44. The summed E-state index contributed by atoms with van der Waals surface area (Å²) in [7, 11) is 1.72. The number of thiazole rings is 1. The second-order valence-corrected chi connectivity index (χ2v) is 6.17. The molecule has 1 aromatic carbocycles. The first-order valence-corrected chi connectivity index (χ1v) is 7.78. The van der Waals surface area contributed by atoms with Gasteiger partial charge in [0, 0.05) is 22.7 Å². The maximum absolute atomic E-state index is 5.47. The first-order chi connectivity index (χ1) is 9.65. The molecule has 0 aliphatic heterocycles. The van der Waals surface area contributed by atoms with Crippen LogP contribution in [0.5, 0.6) is 5.75 Å². The lowest BCUT2D eigenvalue weighted by atomic mass is 10.0. The van der Waals surface area contributed by atoms with Crippen molar-refractivity contribution in [3.63, 3.8) is 0 Å². The minimum atomic E-state index is 0.239. The number of rotatable bonds is 6. The third kappa shape index (κ3) is 3.38. The quantitative estimate of drug-likeness (QED) is 0.863. The van der Waals surface area contributed by atoms with Crippen molar-refractivity contribution in [2.75, 3.05) is 7.11 Å². The van der Waals surface area contributed by atoms with Gasteiger partial charge in [0.2, 0.25) is 0 Å². The Balaban J connectivity index is 2.16. The van der Waals surface area contributed by atoms with Crippen molar-refractivity contribution in [3.05, 3.63) is 45.9 Å². The summed E-state index contributed by atoms with van der Waals surface area (Å²) in [5, 5.41) is 4.79. The Morgan fingerprint density at radius 1 is 1.35 bits per heavy atom. The minimum absolute atomic E-state index is 0.239. The molecule has 0 bridgehead atoms. The van der Waals surface area contributed by atoms with Crippen LogP contribution in [0.25, 0.3) is 0 Å². The van der Waals surface area contributed by atoms with E-state index in [1.54, 1.807) is 18.4 Å². The Hall–Kier alpha value is -1.39. The first-order valence-electron chi connectivity index (χ1n) is 6.97. The van der Waals surface area contributed by atoms with E-state index in [0.717, 1.165) is 17.2 Å². The standard InChI is InChI=1S/C16H22N2OS/c1-5-14(13-8-6-7-9-15(13)19-4)18-12(3)16-17-10-11(2)20-16/h6-10,12,14,18H,5H2,1-4H3. The van der Waals surface area contributed by atoms with Crippen LogP contribution in [0.1, 0.15) is 47.8 Å². The molecule has 2 atom stereocenters. The molecule has 3 nitrogen and oxygen atoms in total. The predicted octanol–water partition coefficient (Wildman–Crippen LogP) is 4.26. The van der Waals surface area contributed by atoms with Gasteiger partial charge < -0.3 is 10.1 Å². The van der Waals surface area contributed by atoms with Crippen molar-refractivity contribution in [3.8, 4) is 5.75 Å². The molecule has 0 saturated carbocycles. The molecule has 2 rings (SSSR count). The zero-order valence-corrected chi connectivity index (χ0v) is 13.3. The third-order valence-corrected chi connectivity index (χ3v) is 4.48. The molecular formula is C16H22N2OS. The van der Waals surface area contributed by atoms with Crippen molar-refractivity contribution in [1.29, 1.82) is 0 Å². The fraction of sp³-hybridized carbons (Fsp3) is 0.438. The van der Waals surface area contributed by atoms with Gasteiger partial charge in [-0.15, -0.1) is 11.3 Å². The molecule has 0 fully saturated rings. The van der Waals surface area contributed by atoms with Gasteiger partial charge in [-0.3, -0.25) is 0 Å². The highest BCUT2D eigenvalue weighted by atomic mass is 32.1. The third-order valence-electron chi connectivity index (χ3n) is 3.38. The van der Waals surface area contributed by atoms with E-state index in [1.165, 1.54) is 10.4 Å². The highest BCUT2D eigenvalue weighted by molar-refractivity contribution is 7.11. The van der Waals surface area contributed by atoms with Gasteiger partial charge in [0.25, 0.3) is 0 Å². The predicted molar refractivity (Wildman–Crippen MR) is 84.4 cm³/mol. The Labute approximate surface area is 125 Å². The number of para-hydroxylation sites is 1. The number of methoxy groups -OCH3 is 1. The van der Waals surface area contributed by atoms with Gasteiger partial charge in [0.1, 0.15) is 10.8 Å². The largest absolute Gasteiger partial charge is 0.496 e. The van der Waals surface area contributed by atoms with E-state index in [2.05, 4.69) is 43.2 Å². The lowest BCUT2D eigenvalue weighted by molar-refractivity contribution is 0.388. The molecule has 4 heteroatoms. The first kappa shape index (κ1) is 15.0. The fourth-order valence-corrected chi connectivity index (χ4v) is 3.11. The Morgan fingerprint density at radius 3 is 2.70 bits per heavy atom. The van der Waals surface area contributed by atoms with Crippen LogP contribution in [0.3, 0.4) is 0 Å². The van der Waals surface area contributed by atoms with E-state index >= 15 is 0 Å². The van der Waals surface area contributed by atoms with Crippen LogP contribution in [-0.2, 0) is 0 Å². The van der Waals surface area contributed by atoms with E-state index in [0.29, 0.717) is 0 Å². The number of ether oxygens (including phenoxy) is 1. The molecule has 2 unspecified atom stereocenters. The van der Waals surface area contributed by atoms with E-state index < -0.39 is 0 Å². The summed E-state index contributed by atoms with van der Waals surface area (Å²) in [6.07, 6.45) is 2.94. The summed E-state index contributed by atoms with van der Waals surface area (Å²) in [6, 6.07) is 8.70. The topological polar surface area (TPSA) is 34.2 Å². The van der Waals surface area contributed by atoms with Gasteiger partial charge in [-0.1, -0.05) is 25.1 Å². The summed E-state index contributed by atoms with van der Waals surface area (Å²) in [5.41, 5.74) is 1.21. The molecule has 0 spiro atoms. The molecule has 1 aromatic heterocycles. The SMILES string of the molecule is CCC(NC(C)c1ncc(C)s1)c1ccccc1OC. The lowest BCUT2D eigenvalue weighted by Crippen LogP contribution is -2.24. The van der Waals surface area contributed by atoms with Crippen molar-refractivity contribution < 1.29 is 4.74 Å². The summed E-state index contributed by atoms with van der Waals surface area (Å²) >= 11 is 1.75. The number of aromatic nitrogens is 1. The fourth-order valence-electron chi connectivity index (χ4n) is 2.33. The van der Waals surface area contributed by atoms with Gasteiger partial charge in [0.05, 0.1) is 13.2 Å². The highest BCUT2D eigenvalue weighted by Crippen LogP contribution is 2.30. The number of hydrogen-bond donors (Lipinski definition) is 1. The van der Waals surface area contributed by atoms with Crippen molar-refractivity contribution in [2.45, 2.75) is 39.3 Å². The second kappa shape index (κ2) is 6.86. The Morgan fingerprint density at radius 2 is 2.10 bits per heavy atom. The van der Waals surface area contributed by atoms with Crippen molar-refractivity contribution >= 4 is 11.3 Å². The van der Waals surface area contributed by atoms with Gasteiger partial charge in [-0.25, -0.2) is 4.98 Å². The van der Waals surface area contributed by atoms with Crippen LogP contribution in [0.15, 0.2) is 30.5 Å². The highest BCUT2D eigenvalue weighted by Gasteiger charge is 2.18. The molecule has 0 aliphatic rings. The van der Waals surface area contributed by atoms with E-state index in [9.17, 15) is 0 Å². The maximum atomic E-state index is 5.47. The molecule has 2 aromatic rings. The molecule has 1 N–H and O–H groups in total. The molecule has 0 amide bonds. The van der Waals surface area contributed by atoms with Gasteiger partial charge in [-0.05, 0) is 26.3 Å². The molecule has 1 heterocycles.